The molecule has 0 fully saturated rings. The van der Waals surface area contributed by atoms with Gasteiger partial charge >= 0.3 is 0 Å². The summed E-state index contributed by atoms with van der Waals surface area (Å²) in [6, 6.07) is 14.3. The van der Waals surface area contributed by atoms with Gasteiger partial charge in [-0.3, -0.25) is 4.79 Å². The predicted molar refractivity (Wildman–Crippen MR) is 103 cm³/mol. The van der Waals surface area contributed by atoms with Crippen LogP contribution in [0.15, 0.2) is 53.4 Å². The molecule has 0 unspecified atom stereocenters. The van der Waals surface area contributed by atoms with E-state index in [1.165, 1.54) is 7.05 Å². The Morgan fingerprint density at radius 2 is 1.73 bits per heavy atom. The second-order valence-electron chi connectivity index (χ2n) is 5.84. The highest BCUT2D eigenvalue weighted by Crippen LogP contribution is 2.16. The maximum Gasteiger partial charge on any atom is 0.240 e. The fourth-order valence-corrected chi connectivity index (χ4v) is 3.21. The molecule has 0 spiro atoms. The Kier molecular flexibility index (Phi) is 7.32. The van der Waals surface area contributed by atoms with E-state index >= 15 is 0 Å². The third-order valence-electron chi connectivity index (χ3n) is 4.00. The second kappa shape index (κ2) is 9.47. The highest BCUT2D eigenvalue weighted by Gasteiger charge is 2.11. The van der Waals surface area contributed by atoms with Gasteiger partial charge in [0, 0.05) is 18.7 Å². The van der Waals surface area contributed by atoms with E-state index in [0.717, 1.165) is 23.4 Å². The van der Waals surface area contributed by atoms with E-state index < -0.39 is 10.0 Å². The normalized spacial score (nSPS) is 11.3. The van der Waals surface area contributed by atoms with Gasteiger partial charge in [-0.15, -0.1) is 0 Å². The summed E-state index contributed by atoms with van der Waals surface area (Å²) in [5.74, 6) is -0.0686. The van der Waals surface area contributed by atoms with E-state index in [-0.39, 0.29) is 10.8 Å². The van der Waals surface area contributed by atoms with Gasteiger partial charge in [-0.25, -0.2) is 13.1 Å². The molecular formula is C19H25N3O3S. The summed E-state index contributed by atoms with van der Waals surface area (Å²) in [7, 11) is -2.06. The Labute approximate surface area is 155 Å². The first-order valence-corrected chi connectivity index (χ1v) is 10.1. The number of anilines is 1. The first-order chi connectivity index (χ1) is 12.5. The molecule has 2 rings (SSSR count). The zero-order chi connectivity index (χ0) is 19.0. The van der Waals surface area contributed by atoms with Crippen molar-refractivity contribution in [2.45, 2.75) is 31.2 Å². The van der Waals surface area contributed by atoms with E-state index in [2.05, 4.69) is 15.4 Å². The molecule has 0 aromatic heterocycles. The molecule has 1 amide bonds. The van der Waals surface area contributed by atoms with Crippen LogP contribution in [0.5, 0.6) is 0 Å². The molecule has 0 radical (unpaired) electrons. The Morgan fingerprint density at radius 1 is 1.04 bits per heavy atom. The minimum Gasteiger partial charge on any atom is -0.326 e. The molecule has 2 aromatic rings. The lowest BCUT2D eigenvalue weighted by molar-refractivity contribution is -0.116. The summed E-state index contributed by atoms with van der Waals surface area (Å²) in [5.41, 5.74) is 2.77. The van der Waals surface area contributed by atoms with E-state index in [1.54, 1.807) is 24.3 Å². The number of benzene rings is 2. The number of carbonyl (C=O) groups is 1. The van der Waals surface area contributed by atoms with Gasteiger partial charge in [-0.2, -0.15) is 0 Å². The summed E-state index contributed by atoms with van der Waals surface area (Å²) in [5, 5.41) is 6.20. The van der Waals surface area contributed by atoms with Crippen LogP contribution in [0.25, 0.3) is 0 Å². The number of carbonyl (C=O) groups excluding carboxylic acids is 1. The van der Waals surface area contributed by atoms with Crippen molar-refractivity contribution in [2.75, 3.05) is 18.9 Å². The molecule has 3 N–H and O–H groups in total. The fourth-order valence-electron chi connectivity index (χ4n) is 2.48. The first-order valence-electron chi connectivity index (χ1n) is 8.57. The van der Waals surface area contributed by atoms with E-state index in [1.807, 2.05) is 31.2 Å². The molecular weight excluding hydrogens is 350 g/mol. The molecule has 6 nitrogen and oxygen atoms in total. The van der Waals surface area contributed by atoms with Gasteiger partial charge in [0.15, 0.2) is 0 Å². The van der Waals surface area contributed by atoms with Crippen molar-refractivity contribution in [1.82, 2.24) is 10.0 Å². The van der Waals surface area contributed by atoms with Crippen molar-refractivity contribution in [2.24, 2.45) is 0 Å². The van der Waals surface area contributed by atoms with Gasteiger partial charge in [-0.1, -0.05) is 37.3 Å². The molecule has 0 aliphatic heterocycles. The molecule has 0 saturated carbocycles. The summed E-state index contributed by atoms with van der Waals surface area (Å²) in [6.45, 7) is 3.60. The Morgan fingerprint density at radius 3 is 2.38 bits per heavy atom. The van der Waals surface area contributed by atoms with Crippen molar-refractivity contribution < 1.29 is 13.2 Å². The largest absolute Gasteiger partial charge is 0.326 e. The minimum absolute atomic E-state index is 0.0686. The van der Waals surface area contributed by atoms with Crippen LogP contribution in [0.3, 0.4) is 0 Å². The molecule has 7 heteroatoms. The molecule has 0 bridgehead atoms. The van der Waals surface area contributed by atoms with Crippen LogP contribution >= 0.6 is 0 Å². The van der Waals surface area contributed by atoms with Gasteiger partial charge in [0.25, 0.3) is 0 Å². The summed E-state index contributed by atoms with van der Waals surface area (Å²) >= 11 is 0. The van der Waals surface area contributed by atoms with Gasteiger partial charge < -0.3 is 10.6 Å². The van der Waals surface area contributed by atoms with Crippen LogP contribution < -0.4 is 15.4 Å². The molecule has 0 atom stereocenters. The minimum atomic E-state index is -3.43. The van der Waals surface area contributed by atoms with Crippen molar-refractivity contribution in [1.29, 1.82) is 0 Å². The molecule has 2 aromatic carbocycles. The molecule has 0 saturated heterocycles. The Balaban J connectivity index is 1.93. The van der Waals surface area contributed by atoms with Crippen molar-refractivity contribution in [3.63, 3.8) is 0 Å². The number of sulfonamides is 1. The van der Waals surface area contributed by atoms with Crippen LogP contribution in [0, 0.1) is 0 Å². The van der Waals surface area contributed by atoms with Crippen LogP contribution in [0.4, 0.5) is 5.69 Å². The molecule has 0 aliphatic carbocycles. The lowest BCUT2D eigenvalue weighted by atomic mass is 10.1. The molecule has 26 heavy (non-hydrogen) atoms. The zero-order valence-electron chi connectivity index (χ0n) is 15.1. The SMILES string of the molecule is CCNCc1ccccc1NC(=O)CCc1ccc(S(=O)(=O)NC)cc1. The van der Waals surface area contributed by atoms with E-state index in [9.17, 15) is 13.2 Å². The summed E-state index contributed by atoms with van der Waals surface area (Å²) in [6.07, 6.45) is 0.870. The third kappa shape index (κ3) is 5.66. The lowest BCUT2D eigenvalue weighted by Crippen LogP contribution is -2.18. The number of hydrogen-bond donors (Lipinski definition) is 3. The highest BCUT2D eigenvalue weighted by molar-refractivity contribution is 7.89. The Hall–Kier alpha value is -2.22. The number of nitrogens with one attached hydrogen (secondary N) is 3. The first kappa shape index (κ1) is 20.1. The molecule has 140 valence electrons. The topological polar surface area (TPSA) is 87.3 Å². The predicted octanol–water partition coefficient (Wildman–Crippen LogP) is 2.28. The zero-order valence-corrected chi connectivity index (χ0v) is 15.9. The van der Waals surface area contributed by atoms with Crippen molar-refractivity contribution in [3.8, 4) is 0 Å². The number of aryl methyl sites for hydroxylation is 1. The second-order valence-corrected chi connectivity index (χ2v) is 7.72. The van der Waals surface area contributed by atoms with Crippen molar-refractivity contribution >= 4 is 21.6 Å². The van der Waals surface area contributed by atoms with Crippen LogP contribution in [-0.2, 0) is 27.8 Å². The Bertz CT molecular complexity index is 833. The standard InChI is InChI=1S/C19H25N3O3S/c1-3-21-14-16-6-4-5-7-18(16)22-19(23)13-10-15-8-11-17(12-9-15)26(24,25)20-2/h4-9,11-12,20-21H,3,10,13-14H2,1-2H3,(H,22,23). The van der Waals surface area contributed by atoms with Crippen LogP contribution in [-0.4, -0.2) is 27.9 Å². The smallest absolute Gasteiger partial charge is 0.240 e. The van der Waals surface area contributed by atoms with Gasteiger partial charge in [0.05, 0.1) is 4.90 Å². The quantitative estimate of drug-likeness (QED) is 0.627. The van der Waals surface area contributed by atoms with Gasteiger partial charge in [0.2, 0.25) is 15.9 Å². The fraction of sp³-hybridized carbons (Fsp3) is 0.316. The van der Waals surface area contributed by atoms with Crippen LogP contribution in [0.2, 0.25) is 0 Å². The van der Waals surface area contributed by atoms with Crippen LogP contribution in [0.1, 0.15) is 24.5 Å². The molecule has 0 heterocycles. The number of para-hydroxylation sites is 1. The van der Waals surface area contributed by atoms with E-state index in [4.69, 9.17) is 0 Å². The third-order valence-corrected chi connectivity index (χ3v) is 5.43. The summed E-state index contributed by atoms with van der Waals surface area (Å²) < 4.78 is 25.7. The monoisotopic (exact) mass is 375 g/mol. The summed E-state index contributed by atoms with van der Waals surface area (Å²) in [4.78, 5) is 12.5. The number of hydrogen-bond acceptors (Lipinski definition) is 4. The molecule has 0 aliphatic rings. The number of rotatable bonds is 9. The highest BCUT2D eigenvalue weighted by atomic mass is 32.2. The van der Waals surface area contributed by atoms with Gasteiger partial charge in [0.1, 0.15) is 0 Å². The van der Waals surface area contributed by atoms with Gasteiger partial charge in [-0.05, 0) is 49.3 Å². The van der Waals surface area contributed by atoms with E-state index in [0.29, 0.717) is 19.4 Å². The van der Waals surface area contributed by atoms with Crippen molar-refractivity contribution in [3.05, 3.63) is 59.7 Å². The average molecular weight is 375 g/mol. The maximum absolute atomic E-state index is 12.2. The maximum atomic E-state index is 12.2. The number of amides is 1. The lowest BCUT2D eigenvalue weighted by Gasteiger charge is -2.11. The average Bonchev–Trinajstić information content (AvgIpc) is 2.66.